The van der Waals surface area contributed by atoms with Crippen molar-refractivity contribution >= 4 is 37.3 Å². The third-order valence-electron chi connectivity index (χ3n) is 1.98. The fourth-order valence-electron chi connectivity index (χ4n) is 1.28. The lowest BCUT2D eigenvalue weighted by atomic mass is 10.1. The molecule has 0 saturated heterocycles. The average Bonchev–Trinajstić information content (AvgIpc) is 2.67. The highest BCUT2D eigenvalue weighted by atomic mass is 79.9. The summed E-state index contributed by atoms with van der Waals surface area (Å²) in [5, 5.41) is 1.76. The minimum atomic E-state index is -3.31. The third-order valence-corrected chi connectivity index (χ3v) is 5.50. The first-order valence-corrected chi connectivity index (χ1v) is 8.37. The van der Waals surface area contributed by atoms with Gasteiger partial charge in [0.2, 0.25) is 10.0 Å². The number of nitrogens with one attached hydrogen (secondary N) is 1. The highest BCUT2D eigenvalue weighted by Gasteiger charge is 2.16. The van der Waals surface area contributed by atoms with Gasteiger partial charge in [-0.05, 0) is 23.8 Å². The Balaban J connectivity index is 2.49. The zero-order valence-corrected chi connectivity index (χ0v) is 12.5. The van der Waals surface area contributed by atoms with Gasteiger partial charge in [0.15, 0.2) is 0 Å². The molecule has 0 amide bonds. The van der Waals surface area contributed by atoms with Gasteiger partial charge in [-0.2, -0.15) is 0 Å². The van der Waals surface area contributed by atoms with Gasteiger partial charge in [-0.3, -0.25) is 0 Å². The topological polar surface area (TPSA) is 46.2 Å². The number of thiophene rings is 1. The van der Waals surface area contributed by atoms with E-state index in [1.807, 2.05) is 0 Å². The van der Waals surface area contributed by atoms with Crippen molar-refractivity contribution in [2.24, 2.45) is 5.92 Å². The van der Waals surface area contributed by atoms with Crippen LogP contribution in [-0.2, 0) is 10.0 Å². The highest BCUT2D eigenvalue weighted by molar-refractivity contribution is 9.09. The molecule has 0 saturated carbocycles. The van der Waals surface area contributed by atoms with Gasteiger partial charge < -0.3 is 0 Å². The molecule has 0 fully saturated rings. The van der Waals surface area contributed by atoms with Crippen LogP contribution in [0.1, 0.15) is 20.3 Å². The second-order valence-corrected chi connectivity index (χ2v) is 8.25. The summed E-state index contributed by atoms with van der Waals surface area (Å²) in [5.41, 5.74) is 0. The lowest BCUT2D eigenvalue weighted by molar-refractivity contribution is 0.552. The second kappa shape index (κ2) is 6.14. The Labute approximate surface area is 109 Å². The summed E-state index contributed by atoms with van der Waals surface area (Å²) in [4.78, 5) is 0.183. The molecule has 0 aliphatic heterocycles. The minimum absolute atomic E-state index is 0.183. The molecule has 3 nitrogen and oxygen atoms in total. The Morgan fingerprint density at radius 1 is 1.50 bits per heavy atom. The van der Waals surface area contributed by atoms with Crippen LogP contribution < -0.4 is 4.72 Å². The van der Waals surface area contributed by atoms with Crippen molar-refractivity contribution in [1.29, 1.82) is 0 Å². The smallest absolute Gasteiger partial charge is 0.209 e. The van der Waals surface area contributed by atoms with Crippen molar-refractivity contribution in [3.63, 3.8) is 0 Å². The predicted molar refractivity (Wildman–Crippen MR) is 71.7 cm³/mol. The Kier molecular flexibility index (Phi) is 5.43. The SMILES string of the molecule is CC(C)CC(Br)CNS(=O)(=O)c1cccs1. The summed E-state index contributed by atoms with van der Waals surface area (Å²) in [6.45, 7) is 4.66. The first-order valence-electron chi connectivity index (χ1n) is 5.09. The zero-order valence-electron chi connectivity index (χ0n) is 9.31. The number of sulfonamides is 1. The fourth-order valence-corrected chi connectivity index (χ4v) is 4.53. The van der Waals surface area contributed by atoms with Gasteiger partial charge in [0, 0.05) is 11.4 Å². The van der Waals surface area contributed by atoms with E-state index in [9.17, 15) is 8.42 Å². The molecule has 1 N–H and O–H groups in total. The van der Waals surface area contributed by atoms with Gasteiger partial charge in [0.25, 0.3) is 0 Å². The molecule has 1 rings (SSSR count). The summed E-state index contributed by atoms with van der Waals surface area (Å²) in [6.07, 6.45) is 0.951. The van der Waals surface area contributed by atoms with E-state index in [-0.39, 0.29) is 4.83 Å². The van der Waals surface area contributed by atoms with E-state index in [0.717, 1.165) is 6.42 Å². The summed E-state index contributed by atoms with van der Waals surface area (Å²) in [6, 6.07) is 3.34. The molecule has 1 heterocycles. The minimum Gasteiger partial charge on any atom is -0.209 e. The second-order valence-electron chi connectivity index (χ2n) is 4.01. The molecule has 0 aliphatic carbocycles. The molecule has 1 unspecified atom stereocenters. The van der Waals surface area contributed by atoms with E-state index < -0.39 is 10.0 Å². The van der Waals surface area contributed by atoms with Crippen LogP contribution in [0.4, 0.5) is 0 Å². The van der Waals surface area contributed by atoms with E-state index in [2.05, 4.69) is 34.5 Å². The van der Waals surface area contributed by atoms with Crippen LogP contribution in [0.2, 0.25) is 0 Å². The largest absolute Gasteiger partial charge is 0.250 e. The van der Waals surface area contributed by atoms with Crippen molar-refractivity contribution in [3.05, 3.63) is 17.5 Å². The Morgan fingerprint density at radius 3 is 2.69 bits per heavy atom. The standard InChI is InChI=1S/C10H16BrNO2S2/c1-8(2)6-9(11)7-12-16(13,14)10-4-3-5-15-10/h3-5,8-9,12H,6-7H2,1-2H3. The predicted octanol–water partition coefficient (Wildman–Crippen LogP) is 2.84. The van der Waals surface area contributed by atoms with Gasteiger partial charge in [0.05, 0.1) is 0 Å². The number of alkyl halides is 1. The first kappa shape index (κ1) is 14.2. The summed E-state index contributed by atoms with van der Waals surface area (Å²) in [7, 11) is -3.31. The molecule has 0 radical (unpaired) electrons. The van der Waals surface area contributed by atoms with Crippen LogP contribution in [-0.4, -0.2) is 19.8 Å². The van der Waals surface area contributed by atoms with Gasteiger partial charge in [-0.15, -0.1) is 11.3 Å². The fraction of sp³-hybridized carbons (Fsp3) is 0.600. The molecule has 1 aromatic rings. The van der Waals surface area contributed by atoms with Crippen LogP contribution in [0, 0.1) is 5.92 Å². The lowest BCUT2D eigenvalue weighted by Gasteiger charge is -2.12. The Bertz CT molecular complexity index is 400. The van der Waals surface area contributed by atoms with Gasteiger partial charge in [0.1, 0.15) is 4.21 Å². The van der Waals surface area contributed by atoms with Gasteiger partial charge >= 0.3 is 0 Å². The molecule has 0 aromatic carbocycles. The lowest BCUT2D eigenvalue weighted by Crippen LogP contribution is -2.29. The monoisotopic (exact) mass is 325 g/mol. The molecule has 0 aliphatic rings. The molecule has 1 aromatic heterocycles. The van der Waals surface area contributed by atoms with Crippen molar-refractivity contribution in [3.8, 4) is 0 Å². The molecule has 1 atom stereocenters. The quantitative estimate of drug-likeness (QED) is 0.817. The average molecular weight is 326 g/mol. The maximum Gasteiger partial charge on any atom is 0.250 e. The van der Waals surface area contributed by atoms with Crippen molar-refractivity contribution in [2.45, 2.75) is 29.3 Å². The molecular formula is C10H16BrNO2S2. The van der Waals surface area contributed by atoms with E-state index >= 15 is 0 Å². The van der Waals surface area contributed by atoms with E-state index in [0.29, 0.717) is 16.7 Å². The van der Waals surface area contributed by atoms with Crippen molar-refractivity contribution < 1.29 is 8.42 Å². The van der Waals surface area contributed by atoms with E-state index in [1.54, 1.807) is 17.5 Å². The van der Waals surface area contributed by atoms with Crippen LogP contribution >= 0.6 is 27.3 Å². The highest BCUT2D eigenvalue weighted by Crippen LogP contribution is 2.17. The Hall–Kier alpha value is 0.0900. The molecular weight excluding hydrogens is 310 g/mol. The summed E-state index contributed by atoms with van der Waals surface area (Å²) >= 11 is 4.70. The van der Waals surface area contributed by atoms with Crippen LogP contribution in [0.5, 0.6) is 0 Å². The maximum absolute atomic E-state index is 11.8. The van der Waals surface area contributed by atoms with Crippen LogP contribution in [0.25, 0.3) is 0 Å². The summed E-state index contributed by atoms with van der Waals surface area (Å²) in [5.74, 6) is 0.551. The van der Waals surface area contributed by atoms with Gasteiger partial charge in [-0.1, -0.05) is 35.8 Å². The molecule has 0 spiro atoms. The van der Waals surface area contributed by atoms with Crippen molar-refractivity contribution in [1.82, 2.24) is 4.72 Å². The molecule has 92 valence electrons. The summed E-state index contributed by atoms with van der Waals surface area (Å²) < 4.78 is 26.5. The zero-order chi connectivity index (χ0) is 12.2. The number of halogens is 1. The molecule has 0 bridgehead atoms. The first-order chi connectivity index (χ1) is 7.42. The third kappa shape index (κ3) is 4.53. The van der Waals surface area contributed by atoms with E-state index in [4.69, 9.17) is 0 Å². The van der Waals surface area contributed by atoms with Crippen LogP contribution in [0.15, 0.2) is 21.7 Å². The maximum atomic E-state index is 11.8. The van der Waals surface area contributed by atoms with Crippen LogP contribution in [0.3, 0.4) is 0 Å². The van der Waals surface area contributed by atoms with E-state index in [1.165, 1.54) is 11.3 Å². The number of hydrogen-bond donors (Lipinski definition) is 1. The molecule has 6 heteroatoms. The number of hydrogen-bond acceptors (Lipinski definition) is 3. The number of rotatable bonds is 6. The molecule has 16 heavy (non-hydrogen) atoms. The normalized spacial score (nSPS) is 14.2. The van der Waals surface area contributed by atoms with Gasteiger partial charge in [-0.25, -0.2) is 13.1 Å². The van der Waals surface area contributed by atoms with Crippen molar-refractivity contribution in [2.75, 3.05) is 6.54 Å². The Morgan fingerprint density at radius 2 is 2.19 bits per heavy atom.